The number of anilines is 2. The topological polar surface area (TPSA) is 39.1 Å². The van der Waals surface area contributed by atoms with E-state index in [1.807, 2.05) is 12.4 Å². The van der Waals surface area contributed by atoms with Gasteiger partial charge in [-0.2, -0.15) is 0 Å². The van der Waals surface area contributed by atoms with Gasteiger partial charge in [-0.05, 0) is 30.9 Å². The molecule has 0 amide bonds. The van der Waals surface area contributed by atoms with E-state index in [4.69, 9.17) is 4.74 Å². The van der Waals surface area contributed by atoms with Crippen LogP contribution in [0.1, 0.15) is 24.5 Å². The molecule has 2 rings (SSSR count). The molecule has 0 aliphatic rings. The quantitative estimate of drug-likeness (QED) is 0.784. The van der Waals surface area contributed by atoms with Crippen molar-refractivity contribution >= 4 is 11.6 Å². The molecule has 4 nitrogen and oxygen atoms in total. The van der Waals surface area contributed by atoms with E-state index in [1.165, 1.54) is 16.8 Å². The summed E-state index contributed by atoms with van der Waals surface area (Å²) in [5, 5.41) is 3.48. The standard InChI is InChI=1S/C16H23N3O/c1-4-14-8-5-7-13(2)15(14)18-16-17-9-11-19(16)10-6-12-20-3/h5,7-9,11H,4,6,10,12H2,1-3H3,(H,17,18). The average Bonchev–Trinajstić information content (AvgIpc) is 2.89. The highest BCUT2D eigenvalue weighted by atomic mass is 16.5. The first-order valence-electron chi connectivity index (χ1n) is 7.11. The van der Waals surface area contributed by atoms with E-state index in [0.29, 0.717) is 0 Å². The molecule has 0 aliphatic heterocycles. The minimum atomic E-state index is 0.766. The van der Waals surface area contributed by atoms with Crippen LogP contribution in [0.25, 0.3) is 0 Å². The second kappa shape index (κ2) is 7.10. The van der Waals surface area contributed by atoms with Crippen molar-refractivity contribution in [3.63, 3.8) is 0 Å². The van der Waals surface area contributed by atoms with Gasteiger partial charge < -0.3 is 14.6 Å². The lowest BCUT2D eigenvalue weighted by Gasteiger charge is -2.15. The second-order valence-electron chi connectivity index (χ2n) is 4.88. The van der Waals surface area contributed by atoms with Gasteiger partial charge in [-0.15, -0.1) is 0 Å². The Bertz CT molecular complexity index is 548. The third kappa shape index (κ3) is 3.39. The SMILES string of the molecule is CCc1cccc(C)c1Nc1nccn1CCCOC. The van der Waals surface area contributed by atoms with E-state index < -0.39 is 0 Å². The molecule has 1 aromatic carbocycles. The molecule has 0 saturated heterocycles. The van der Waals surface area contributed by atoms with Crippen molar-refractivity contribution < 1.29 is 4.74 Å². The Morgan fingerprint density at radius 2 is 2.20 bits per heavy atom. The Kier molecular flexibility index (Phi) is 5.18. The number of aryl methyl sites for hydroxylation is 3. The monoisotopic (exact) mass is 273 g/mol. The lowest BCUT2D eigenvalue weighted by Crippen LogP contribution is -2.07. The van der Waals surface area contributed by atoms with Crippen molar-refractivity contribution in [2.45, 2.75) is 33.2 Å². The molecule has 0 fully saturated rings. The smallest absolute Gasteiger partial charge is 0.207 e. The van der Waals surface area contributed by atoms with Gasteiger partial charge in [0.25, 0.3) is 0 Å². The fourth-order valence-electron chi connectivity index (χ4n) is 2.31. The third-order valence-electron chi connectivity index (χ3n) is 3.44. The van der Waals surface area contributed by atoms with Crippen molar-refractivity contribution in [2.24, 2.45) is 0 Å². The summed E-state index contributed by atoms with van der Waals surface area (Å²) in [6.07, 6.45) is 5.82. The Morgan fingerprint density at radius 3 is 2.95 bits per heavy atom. The van der Waals surface area contributed by atoms with Crippen molar-refractivity contribution in [1.82, 2.24) is 9.55 Å². The van der Waals surface area contributed by atoms with Crippen LogP contribution in [0.15, 0.2) is 30.6 Å². The number of imidazole rings is 1. The molecule has 0 bridgehead atoms. The lowest BCUT2D eigenvalue weighted by atomic mass is 10.1. The zero-order valence-corrected chi connectivity index (χ0v) is 12.5. The van der Waals surface area contributed by atoms with Gasteiger partial charge >= 0.3 is 0 Å². The minimum Gasteiger partial charge on any atom is -0.385 e. The number of methoxy groups -OCH3 is 1. The van der Waals surface area contributed by atoms with E-state index >= 15 is 0 Å². The van der Waals surface area contributed by atoms with Crippen LogP contribution in [-0.2, 0) is 17.7 Å². The molecule has 108 valence electrons. The summed E-state index contributed by atoms with van der Waals surface area (Å²) >= 11 is 0. The average molecular weight is 273 g/mol. The fraction of sp³-hybridized carbons (Fsp3) is 0.438. The summed E-state index contributed by atoms with van der Waals surface area (Å²) < 4.78 is 7.23. The molecule has 4 heteroatoms. The van der Waals surface area contributed by atoms with Crippen molar-refractivity contribution in [2.75, 3.05) is 19.0 Å². The lowest BCUT2D eigenvalue weighted by molar-refractivity contribution is 0.190. The number of benzene rings is 1. The predicted octanol–water partition coefficient (Wildman–Crippen LogP) is 3.53. The third-order valence-corrected chi connectivity index (χ3v) is 3.44. The zero-order valence-electron chi connectivity index (χ0n) is 12.5. The van der Waals surface area contributed by atoms with Crippen LogP contribution < -0.4 is 5.32 Å². The van der Waals surface area contributed by atoms with Gasteiger partial charge in [0.05, 0.1) is 0 Å². The summed E-state index contributed by atoms with van der Waals surface area (Å²) in [7, 11) is 1.73. The first-order chi connectivity index (χ1) is 9.76. The van der Waals surface area contributed by atoms with Crippen molar-refractivity contribution in [3.05, 3.63) is 41.7 Å². The summed E-state index contributed by atoms with van der Waals surface area (Å²) in [6, 6.07) is 6.39. The number of nitrogens with one attached hydrogen (secondary N) is 1. The van der Waals surface area contributed by atoms with Crippen LogP contribution in [0.3, 0.4) is 0 Å². The van der Waals surface area contributed by atoms with Gasteiger partial charge in [0.1, 0.15) is 0 Å². The molecule has 20 heavy (non-hydrogen) atoms. The molecule has 0 aliphatic carbocycles. The Balaban J connectivity index is 2.16. The summed E-state index contributed by atoms with van der Waals surface area (Å²) in [5.41, 5.74) is 3.74. The summed E-state index contributed by atoms with van der Waals surface area (Å²) in [6.45, 7) is 5.97. The Labute approximate surface area is 120 Å². The highest BCUT2D eigenvalue weighted by Crippen LogP contribution is 2.24. The van der Waals surface area contributed by atoms with Crippen LogP contribution in [-0.4, -0.2) is 23.3 Å². The number of aromatic nitrogens is 2. The van der Waals surface area contributed by atoms with E-state index in [1.54, 1.807) is 7.11 Å². The number of rotatable bonds is 7. The van der Waals surface area contributed by atoms with Crippen LogP contribution in [0.2, 0.25) is 0 Å². The molecule has 0 saturated carbocycles. The molecular weight excluding hydrogens is 250 g/mol. The molecule has 1 N–H and O–H groups in total. The molecule has 2 aromatic rings. The molecule has 1 heterocycles. The number of hydrogen-bond donors (Lipinski definition) is 1. The highest BCUT2D eigenvalue weighted by Gasteiger charge is 2.08. The highest BCUT2D eigenvalue weighted by molar-refractivity contribution is 5.63. The van der Waals surface area contributed by atoms with Crippen LogP contribution >= 0.6 is 0 Å². The maximum absolute atomic E-state index is 5.10. The van der Waals surface area contributed by atoms with Gasteiger partial charge in [-0.3, -0.25) is 0 Å². The number of ether oxygens (including phenoxy) is 1. The van der Waals surface area contributed by atoms with Crippen molar-refractivity contribution in [3.8, 4) is 0 Å². The number of hydrogen-bond acceptors (Lipinski definition) is 3. The van der Waals surface area contributed by atoms with Gasteiger partial charge in [0, 0.05) is 38.3 Å². The molecule has 1 aromatic heterocycles. The molecule has 0 unspecified atom stereocenters. The van der Waals surface area contributed by atoms with E-state index in [-0.39, 0.29) is 0 Å². The van der Waals surface area contributed by atoms with E-state index in [2.05, 4.69) is 46.9 Å². The number of para-hydroxylation sites is 1. The normalized spacial score (nSPS) is 10.8. The van der Waals surface area contributed by atoms with Crippen LogP contribution in [0.4, 0.5) is 11.6 Å². The first-order valence-corrected chi connectivity index (χ1v) is 7.11. The predicted molar refractivity (Wildman–Crippen MR) is 82.6 cm³/mol. The second-order valence-corrected chi connectivity index (χ2v) is 4.88. The van der Waals surface area contributed by atoms with E-state index in [9.17, 15) is 0 Å². The largest absolute Gasteiger partial charge is 0.385 e. The van der Waals surface area contributed by atoms with Gasteiger partial charge in [0.15, 0.2) is 0 Å². The maximum Gasteiger partial charge on any atom is 0.207 e. The molecule has 0 radical (unpaired) electrons. The van der Waals surface area contributed by atoms with Gasteiger partial charge in [-0.1, -0.05) is 25.1 Å². The zero-order chi connectivity index (χ0) is 14.4. The number of nitrogens with zero attached hydrogens (tertiary/aromatic N) is 2. The van der Waals surface area contributed by atoms with E-state index in [0.717, 1.165) is 31.9 Å². The summed E-state index contributed by atoms with van der Waals surface area (Å²) in [5.74, 6) is 0.894. The van der Waals surface area contributed by atoms with Crippen LogP contribution in [0, 0.1) is 6.92 Å². The molecular formula is C16H23N3O. The van der Waals surface area contributed by atoms with Gasteiger partial charge in [-0.25, -0.2) is 4.98 Å². The first kappa shape index (κ1) is 14.6. The fourth-order valence-corrected chi connectivity index (χ4v) is 2.31. The van der Waals surface area contributed by atoms with Crippen LogP contribution in [0.5, 0.6) is 0 Å². The molecule has 0 spiro atoms. The Hall–Kier alpha value is -1.81. The Morgan fingerprint density at radius 1 is 1.35 bits per heavy atom. The summed E-state index contributed by atoms with van der Waals surface area (Å²) in [4.78, 5) is 4.42. The molecule has 0 atom stereocenters. The minimum absolute atomic E-state index is 0.766. The van der Waals surface area contributed by atoms with Crippen molar-refractivity contribution in [1.29, 1.82) is 0 Å². The maximum atomic E-state index is 5.10. The van der Waals surface area contributed by atoms with Gasteiger partial charge in [0.2, 0.25) is 5.95 Å².